The molecule has 1 fully saturated rings. The molecule has 74 heavy (non-hydrogen) atoms. The van der Waals surface area contributed by atoms with Gasteiger partial charge in [-0.25, -0.2) is 4.98 Å². The van der Waals surface area contributed by atoms with Gasteiger partial charge in [0.2, 0.25) is 0 Å². The number of pyridine rings is 1. The summed E-state index contributed by atoms with van der Waals surface area (Å²) in [4.78, 5) is 10.1. The number of nitrogens with zero attached hydrogens (tertiary/aromatic N) is 3. The predicted molar refractivity (Wildman–Crippen MR) is 347 cm³/mol. The van der Waals surface area contributed by atoms with Gasteiger partial charge >= 0.3 is 0 Å². The van der Waals surface area contributed by atoms with E-state index in [1.165, 1.54) is 120 Å². The van der Waals surface area contributed by atoms with Crippen LogP contribution in [0.2, 0.25) is 0 Å². The van der Waals surface area contributed by atoms with E-state index in [1.807, 2.05) is 80.7 Å². The lowest BCUT2D eigenvalue weighted by Crippen LogP contribution is -2.15. The Morgan fingerprint density at radius 1 is 0.784 bits per heavy atom. The molecule has 2 atom stereocenters. The molecule has 2 unspecified atom stereocenters. The molecule has 0 saturated heterocycles. The minimum absolute atomic E-state index is 0.107. The largest absolute Gasteiger partial charge is 0.340 e. The van der Waals surface area contributed by atoms with Gasteiger partial charge in [0.05, 0.1) is 22.1 Å². The average Bonchev–Trinajstić information content (AvgIpc) is 3.87. The molecule has 3 nitrogen and oxygen atoms in total. The molecule has 0 N–H and O–H groups in total. The topological polar surface area (TPSA) is 30.7 Å². The molecule has 3 heterocycles. The Morgan fingerprint density at radius 3 is 1.69 bits per heavy atom. The van der Waals surface area contributed by atoms with E-state index in [0.29, 0.717) is 17.8 Å². The van der Waals surface area contributed by atoms with Gasteiger partial charge in [0.15, 0.2) is 0 Å². The maximum Gasteiger partial charge on any atom is 0.0969 e. The summed E-state index contributed by atoms with van der Waals surface area (Å²) in [6.45, 7) is 66.4. The van der Waals surface area contributed by atoms with E-state index in [2.05, 4.69) is 156 Å². The molecule has 3 aromatic heterocycles. The van der Waals surface area contributed by atoms with E-state index < -0.39 is 0 Å². The van der Waals surface area contributed by atoms with Crippen LogP contribution in [0.5, 0.6) is 0 Å². The first-order valence-corrected chi connectivity index (χ1v) is 30.6. The molecule has 4 aromatic rings. The number of fused-ring (bicyclic) bond motifs is 1. The zero-order valence-corrected chi connectivity index (χ0v) is 53.5. The highest BCUT2D eigenvalue weighted by Crippen LogP contribution is 2.43. The summed E-state index contributed by atoms with van der Waals surface area (Å²) in [5.41, 5.74) is 11.9. The monoisotopic (exact) mass is 1040 g/mol. The number of hydrogen-bond donors (Lipinski definition) is 0. The molecular formula is C70H121N3S. The normalized spacial score (nSPS) is 12.1. The van der Waals surface area contributed by atoms with Gasteiger partial charge in [-0.3, -0.25) is 4.98 Å². The van der Waals surface area contributed by atoms with Crippen LogP contribution in [-0.2, 0) is 13.0 Å². The third-order valence-electron chi connectivity index (χ3n) is 12.3. The van der Waals surface area contributed by atoms with Crippen LogP contribution in [0.15, 0.2) is 111 Å². The van der Waals surface area contributed by atoms with Crippen molar-refractivity contribution in [1.29, 1.82) is 0 Å². The summed E-state index contributed by atoms with van der Waals surface area (Å²) in [5, 5.41) is 4.79. The Labute approximate surface area is 466 Å². The maximum absolute atomic E-state index is 5.25. The Balaban J connectivity index is -0.000000641. The van der Waals surface area contributed by atoms with Gasteiger partial charge in [-0.2, -0.15) is 0 Å². The second kappa shape index (κ2) is 48.6. The van der Waals surface area contributed by atoms with Gasteiger partial charge in [-0.15, -0.1) is 37.7 Å². The Hall–Kier alpha value is -4.02. The number of allylic oxidation sites excluding steroid dienone is 6. The van der Waals surface area contributed by atoms with Crippen LogP contribution >= 0.6 is 11.3 Å². The van der Waals surface area contributed by atoms with Crippen LogP contribution in [0.4, 0.5) is 0 Å². The van der Waals surface area contributed by atoms with E-state index in [1.54, 1.807) is 17.4 Å². The fourth-order valence-corrected chi connectivity index (χ4v) is 9.14. The molecule has 0 spiro atoms. The molecule has 422 valence electrons. The van der Waals surface area contributed by atoms with E-state index in [4.69, 9.17) is 9.97 Å². The van der Waals surface area contributed by atoms with Crippen LogP contribution in [0.1, 0.15) is 263 Å². The van der Waals surface area contributed by atoms with Crippen molar-refractivity contribution in [3.8, 4) is 22.5 Å². The molecule has 0 aliphatic heterocycles. The van der Waals surface area contributed by atoms with Crippen molar-refractivity contribution >= 4 is 27.8 Å². The van der Waals surface area contributed by atoms with Crippen molar-refractivity contribution in [1.82, 2.24) is 14.5 Å². The molecule has 1 aliphatic carbocycles. The first kappa shape index (κ1) is 76.5. The first-order chi connectivity index (χ1) is 35.4. The molecule has 1 aliphatic rings. The number of unbranched alkanes of at least 4 members (excludes halogenated alkanes) is 3. The molecule has 5 rings (SSSR count). The fraction of sp³-hybridized carbons (Fsp3) is 0.600. The molecule has 1 aromatic carbocycles. The van der Waals surface area contributed by atoms with Crippen LogP contribution in [0.3, 0.4) is 0 Å². The minimum atomic E-state index is 0.107. The predicted octanol–water partition coefficient (Wildman–Crippen LogP) is 24.9. The summed E-state index contributed by atoms with van der Waals surface area (Å²) in [5.74, 6) is 1.48. The summed E-state index contributed by atoms with van der Waals surface area (Å²) in [7, 11) is 0. The van der Waals surface area contributed by atoms with Gasteiger partial charge in [-0.1, -0.05) is 230 Å². The zero-order valence-electron chi connectivity index (χ0n) is 52.7. The lowest BCUT2D eigenvalue weighted by atomic mass is 9.80. The van der Waals surface area contributed by atoms with E-state index in [9.17, 15) is 0 Å². The standard InChI is InChI=1S/C39H51N3S.C7H14.C6H14.C5H10.C4H8.C3H6.3C2H6/c1-11-15-21-39(9,10)24-33-32-23-29(34-25-43-38(41-34)30(17-12-2)28(8)26(5)6)19-20-35(32)42(14-4)37(33)31-18-16-22-40-36(31)27(7)13-3;1-2-4-6-7-5-3-1;1-3-5-6-4-2;1-4-5(2)3;1-4(2)3;1-3-2;3*1-2/h11,16,18-20,22-23,25,28,30H,1,5,7,12-15,17,21,24H2,2-4,6,8-10H3;1-7H2;3-6H2,1-2H3;4-5H,1H2,2-3H3;1H2,2-3H3;3H,1H2,2H3;3*1-2H3. The number of aryl methyl sites for hydroxylation is 1. The number of rotatable bonds is 19. The Morgan fingerprint density at radius 2 is 1.28 bits per heavy atom. The first-order valence-electron chi connectivity index (χ1n) is 29.7. The number of aromatic nitrogens is 3. The summed E-state index contributed by atoms with van der Waals surface area (Å²) in [6.07, 6.45) is 29.8. The summed E-state index contributed by atoms with van der Waals surface area (Å²) < 4.78 is 2.49. The van der Waals surface area contributed by atoms with Crippen LogP contribution in [0, 0.1) is 17.3 Å². The van der Waals surface area contributed by atoms with Crippen molar-refractivity contribution in [2.75, 3.05) is 0 Å². The van der Waals surface area contributed by atoms with Gasteiger partial charge < -0.3 is 4.57 Å². The van der Waals surface area contributed by atoms with Crippen molar-refractivity contribution in [2.45, 2.75) is 260 Å². The van der Waals surface area contributed by atoms with E-state index in [0.717, 1.165) is 62.0 Å². The highest BCUT2D eigenvalue weighted by atomic mass is 32.1. The number of thiazole rings is 1. The lowest BCUT2D eigenvalue weighted by Gasteiger charge is -2.25. The average molecular weight is 1040 g/mol. The molecule has 4 heteroatoms. The Bertz CT molecular complexity index is 2010. The van der Waals surface area contributed by atoms with E-state index in [-0.39, 0.29) is 5.41 Å². The maximum atomic E-state index is 5.25. The van der Waals surface area contributed by atoms with Crippen molar-refractivity contribution < 1.29 is 0 Å². The second-order valence-corrected chi connectivity index (χ2v) is 21.1. The van der Waals surface area contributed by atoms with Gasteiger partial charge in [0, 0.05) is 46.1 Å². The van der Waals surface area contributed by atoms with Crippen molar-refractivity contribution in [3.63, 3.8) is 0 Å². The lowest BCUT2D eigenvalue weighted by molar-refractivity contribution is 0.337. The minimum Gasteiger partial charge on any atom is -0.340 e. The zero-order chi connectivity index (χ0) is 57.7. The third-order valence-corrected chi connectivity index (χ3v) is 13.3. The summed E-state index contributed by atoms with van der Waals surface area (Å²) in [6, 6.07) is 11.3. The van der Waals surface area contributed by atoms with Gasteiger partial charge in [0.1, 0.15) is 0 Å². The van der Waals surface area contributed by atoms with Crippen molar-refractivity contribution in [2.24, 2.45) is 17.3 Å². The highest BCUT2D eigenvalue weighted by molar-refractivity contribution is 7.10. The molecule has 0 amide bonds. The summed E-state index contributed by atoms with van der Waals surface area (Å²) >= 11 is 1.80. The van der Waals surface area contributed by atoms with Crippen LogP contribution in [0.25, 0.3) is 39.0 Å². The second-order valence-electron chi connectivity index (χ2n) is 20.2. The number of benzene rings is 1. The SMILES string of the molecule is C1CCCCCC1.C=C(C)C.C=CC.C=CC(C)C.C=CCCC(C)(C)Cc1c(-c2cccnc2C(=C)CC)n(CC)c2ccc(-c3csc(C(CCC)C(C)C(=C)C)n3)cc12.CC.CC.CC.CCCCCC. The third kappa shape index (κ3) is 31.8. The van der Waals surface area contributed by atoms with E-state index >= 15 is 0 Å². The molecular weight excluding hydrogens is 915 g/mol. The number of hydrogen-bond acceptors (Lipinski definition) is 3. The quantitative estimate of drug-likeness (QED) is 0.0532. The molecule has 0 bridgehead atoms. The fourth-order valence-electron chi connectivity index (χ4n) is 8.07. The van der Waals surface area contributed by atoms with Crippen LogP contribution in [-0.4, -0.2) is 14.5 Å². The highest BCUT2D eigenvalue weighted by Gasteiger charge is 2.28. The Kier molecular flexibility index (Phi) is 50.2. The van der Waals surface area contributed by atoms with Gasteiger partial charge in [-0.05, 0) is 119 Å². The molecule has 1 saturated carbocycles. The van der Waals surface area contributed by atoms with Crippen molar-refractivity contribution in [3.05, 3.63) is 127 Å². The van der Waals surface area contributed by atoms with Gasteiger partial charge in [0.25, 0.3) is 0 Å². The molecule has 0 radical (unpaired) electrons. The van der Waals surface area contributed by atoms with Crippen LogP contribution < -0.4 is 0 Å². The smallest absolute Gasteiger partial charge is 0.0969 e.